The van der Waals surface area contributed by atoms with Gasteiger partial charge in [0.25, 0.3) is 0 Å². The highest BCUT2D eigenvalue weighted by Crippen LogP contribution is 2.28. The lowest BCUT2D eigenvalue weighted by atomic mass is 10.2. The lowest BCUT2D eigenvalue weighted by molar-refractivity contribution is 0.258. The Bertz CT molecular complexity index is 1070. The largest absolute Gasteiger partial charge is 0.495 e. The number of aromatic amines is 1. The van der Waals surface area contributed by atoms with E-state index in [1.165, 1.54) is 0 Å². The molecule has 0 saturated carbocycles. The summed E-state index contributed by atoms with van der Waals surface area (Å²) >= 11 is 12.1. The van der Waals surface area contributed by atoms with Gasteiger partial charge in [0.15, 0.2) is 0 Å². The van der Waals surface area contributed by atoms with Crippen molar-refractivity contribution in [3.8, 4) is 11.4 Å². The molecule has 0 atom stereocenters. The number of nitrogens with zero attached hydrogens (tertiary/aromatic N) is 4. The number of H-pyrrole nitrogens is 1. The van der Waals surface area contributed by atoms with Crippen molar-refractivity contribution in [1.29, 1.82) is 0 Å². The second-order valence-electron chi connectivity index (χ2n) is 7.13. The van der Waals surface area contributed by atoms with E-state index in [9.17, 15) is 4.79 Å². The third-order valence-corrected chi connectivity index (χ3v) is 6.09. The second kappa shape index (κ2) is 9.12. The molecule has 3 aromatic rings. The lowest BCUT2D eigenvalue weighted by Crippen LogP contribution is -2.47. The Hall–Kier alpha value is -2.48. The first-order valence-corrected chi connectivity index (χ1v) is 10.5. The molecule has 0 spiro atoms. The van der Waals surface area contributed by atoms with Crippen LogP contribution in [0.1, 0.15) is 5.82 Å². The van der Waals surface area contributed by atoms with E-state index >= 15 is 0 Å². The van der Waals surface area contributed by atoms with Crippen LogP contribution in [-0.4, -0.2) is 59.5 Å². The average molecular weight is 448 g/mol. The molecular weight excluding hydrogens is 425 g/mol. The van der Waals surface area contributed by atoms with Crippen LogP contribution in [0.15, 0.2) is 47.3 Å². The Labute approximate surface area is 184 Å². The van der Waals surface area contributed by atoms with Crippen LogP contribution >= 0.6 is 23.2 Å². The monoisotopic (exact) mass is 447 g/mol. The number of methoxy groups -OCH3 is 1. The highest BCUT2D eigenvalue weighted by Gasteiger charge is 2.20. The quantitative estimate of drug-likeness (QED) is 0.627. The number of piperazine rings is 1. The molecule has 0 unspecified atom stereocenters. The van der Waals surface area contributed by atoms with E-state index in [1.807, 2.05) is 18.2 Å². The molecule has 1 aliphatic rings. The van der Waals surface area contributed by atoms with Crippen molar-refractivity contribution in [2.75, 3.05) is 44.7 Å². The van der Waals surface area contributed by atoms with Gasteiger partial charge in [-0.25, -0.2) is 14.5 Å². The minimum absolute atomic E-state index is 0.288. The summed E-state index contributed by atoms with van der Waals surface area (Å²) < 4.78 is 7.04. The van der Waals surface area contributed by atoms with Gasteiger partial charge in [0.2, 0.25) is 0 Å². The first-order valence-electron chi connectivity index (χ1n) is 9.79. The molecule has 0 bridgehead atoms. The zero-order chi connectivity index (χ0) is 21.1. The van der Waals surface area contributed by atoms with E-state index in [0.717, 1.165) is 44.2 Å². The van der Waals surface area contributed by atoms with Crippen LogP contribution in [0.2, 0.25) is 10.0 Å². The molecule has 0 amide bonds. The van der Waals surface area contributed by atoms with Crippen molar-refractivity contribution in [1.82, 2.24) is 19.7 Å². The molecule has 1 fully saturated rings. The molecule has 1 aromatic heterocycles. The number of hydrogen-bond donors (Lipinski definition) is 1. The fourth-order valence-corrected chi connectivity index (χ4v) is 4.04. The summed E-state index contributed by atoms with van der Waals surface area (Å²) in [5.41, 5.74) is 1.49. The topological polar surface area (TPSA) is 66.4 Å². The molecule has 7 nitrogen and oxygen atoms in total. The Morgan fingerprint density at radius 3 is 2.57 bits per heavy atom. The van der Waals surface area contributed by atoms with Crippen LogP contribution in [0.3, 0.4) is 0 Å². The van der Waals surface area contributed by atoms with Crippen LogP contribution in [0.5, 0.6) is 5.75 Å². The Morgan fingerprint density at radius 1 is 1.07 bits per heavy atom. The molecule has 2 aromatic carbocycles. The van der Waals surface area contributed by atoms with Gasteiger partial charge >= 0.3 is 5.69 Å². The van der Waals surface area contributed by atoms with E-state index in [4.69, 9.17) is 27.9 Å². The number of nitrogens with one attached hydrogen (secondary N) is 1. The fourth-order valence-electron chi connectivity index (χ4n) is 3.75. The minimum Gasteiger partial charge on any atom is -0.495 e. The molecule has 1 saturated heterocycles. The number of benzene rings is 2. The van der Waals surface area contributed by atoms with E-state index in [-0.39, 0.29) is 5.69 Å². The van der Waals surface area contributed by atoms with Crippen molar-refractivity contribution in [2.45, 2.75) is 6.42 Å². The van der Waals surface area contributed by atoms with Gasteiger partial charge in [-0.15, -0.1) is 0 Å². The third kappa shape index (κ3) is 4.33. The summed E-state index contributed by atoms with van der Waals surface area (Å²) in [7, 11) is 1.70. The van der Waals surface area contributed by atoms with Gasteiger partial charge in [-0.2, -0.15) is 5.10 Å². The van der Waals surface area contributed by atoms with Gasteiger partial charge in [0.05, 0.1) is 28.5 Å². The predicted octanol–water partition coefficient (Wildman–Crippen LogP) is 3.24. The summed E-state index contributed by atoms with van der Waals surface area (Å²) in [6.45, 7) is 4.51. The predicted molar refractivity (Wildman–Crippen MR) is 120 cm³/mol. The minimum atomic E-state index is -0.288. The first-order chi connectivity index (χ1) is 14.6. The maximum absolute atomic E-state index is 12.3. The highest BCUT2D eigenvalue weighted by molar-refractivity contribution is 6.42. The van der Waals surface area contributed by atoms with Crippen LogP contribution in [0.4, 0.5) is 5.69 Å². The number of ether oxygens (including phenoxy) is 1. The molecule has 1 N–H and O–H groups in total. The van der Waals surface area contributed by atoms with Crippen molar-refractivity contribution < 1.29 is 4.74 Å². The van der Waals surface area contributed by atoms with Gasteiger partial charge in [-0.3, -0.25) is 4.90 Å². The third-order valence-electron chi connectivity index (χ3n) is 5.35. The first kappa shape index (κ1) is 20.8. The molecule has 1 aliphatic heterocycles. The van der Waals surface area contributed by atoms with E-state index in [2.05, 4.69) is 26.1 Å². The van der Waals surface area contributed by atoms with Gasteiger partial charge in [0, 0.05) is 39.1 Å². The molecule has 9 heteroatoms. The Kier molecular flexibility index (Phi) is 6.32. The summed E-state index contributed by atoms with van der Waals surface area (Å²) in [5, 5.41) is 7.60. The van der Waals surface area contributed by atoms with Gasteiger partial charge < -0.3 is 9.64 Å². The molecular formula is C21H23Cl2N5O2. The zero-order valence-corrected chi connectivity index (χ0v) is 18.2. The number of para-hydroxylation sites is 2. The number of aromatic nitrogens is 3. The van der Waals surface area contributed by atoms with Gasteiger partial charge in [0.1, 0.15) is 11.6 Å². The summed E-state index contributed by atoms with van der Waals surface area (Å²) in [6.07, 6.45) is 0.646. The number of hydrogen-bond acceptors (Lipinski definition) is 5. The Morgan fingerprint density at radius 2 is 1.83 bits per heavy atom. The van der Waals surface area contributed by atoms with Crippen molar-refractivity contribution in [2.24, 2.45) is 0 Å². The molecule has 4 rings (SSSR count). The summed E-state index contributed by atoms with van der Waals surface area (Å²) in [4.78, 5) is 17.0. The number of anilines is 1. The molecule has 30 heavy (non-hydrogen) atoms. The fraction of sp³-hybridized carbons (Fsp3) is 0.333. The molecule has 0 aliphatic carbocycles. The molecule has 0 radical (unpaired) electrons. The van der Waals surface area contributed by atoms with Gasteiger partial charge in [-0.05, 0) is 30.3 Å². The maximum Gasteiger partial charge on any atom is 0.347 e. The lowest BCUT2D eigenvalue weighted by Gasteiger charge is -2.36. The molecule has 158 valence electrons. The normalized spacial score (nSPS) is 14.8. The number of halogens is 2. The standard InChI is InChI=1S/C21H23Cl2N5O2/c1-30-19-5-3-2-4-18(19)27-12-10-26(11-13-27)9-8-20-24-25-21(29)28(20)15-6-7-16(22)17(23)14-15/h2-7,14H,8-13H2,1H3,(H,25,29). The smallest absolute Gasteiger partial charge is 0.347 e. The van der Waals surface area contributed by atoms with E-state index in [1.54, 1.807) is 29.9 Å². The highest BCUT2D eigenvalue weighted by atomic mass is 35.5. The van der Waals surface area contributed by atoms with Crippen molar-refractivity contribution >= 4 is 28.9 Å². The average Bonchev–Trinajstić information content (AvgIpc) is 3.15. The van der Waals surface area contributed by atoms with Crippen molar-refractivity contribution in [3.63, 3.8) is 0 Å². The Balaban J connectivity index is 1.40. The van der Waals surface area contributed by atoms with Crippen molar-refractivity contribution in [3.05, 3.63) is 68.8 Å². The summed E-state index contributed by atoms with van der Waals surface area (Å²) in [6, 6.07) is 13.2. The second-order valence-corrected chi connectivity index (χ2v) is 7.94. The maximum atomic E-state index is 12.3. The van der Waals surface area contributed by atoms with Crippen LogP contribution < -0.4 is 15.3 Å². The SMILES string of the molecule is COc1ccccc1N1CCN(CCc2n[nH]c(=O)n2-c2ccc(Cl)c(Cl)c2)CC1. The van der Waals surface area contributed by atoms with E-state index < -0.39 is 0 Å². The van der Waals surface area contributed by atoms with Gasteiger partial charge in [-0.1, -0.05) is 35.3 Å². The van der Waals surface area contributed by atoms with Crippen LogP contribution in [0.25, 0.3) is 5.69 Å². The molecule has 2 heterocycles. The zero-order valence-electron chi connectivity index (χ0n) is 16.6. The number of rotatable bonds is 6. The summed E-state index contributed by atoms with van der Waals surface area (Å²) in [5.74, 6) is 1.57. The van der Waals surface area contributed by atoms with Crippen LogP contribution in [0, 0.1) is 0 Å². The van der Waals surface area contributed by atoms with Crippen LogP contribution in [-0.2, 0) is 6.42 Å². The van der Waals surface area contributed by atoms with E-state index in [0.29, 0.717) is 28.0 Å².